The zero-order valence-electron chi connectivity index (χ0n) is 10.4. The standard InChI is InChI=1S/C13H17N5/c1-10-12(18-9-17-10)8-16-13(14)15-7-11-5-3-2-4-6-11/h2-6,9H,7-8H2,1H3,(H,17,18)(H3,14,15,16). The van der Waals surface area contributed by atoms with Crippen LogP contribution in [0.15, 0.2) is 41.7 Å². The van der Waals surface area contributed by atoms with Gasteiger partial charge in [0.15, 0.2) is 5.96 Å². The number of rotatable bonds is 4. The predicted octanol–water partition coefficient (Wildman–Crippen LogP) is 1.32. The molecule has 0 radical (unpaired) electrons. The number of nitrogens with one attached hydrogen (secondary N) is 2. The first kappa shape index (κ1) is 12.2. The van der Waals surface area contributed by atoms with Gasteiger partial charge in [0.1, 0.15) is 0 Å². The van der Waals surface area contributed by atoms with Crippen LogP contribution in [0.25, 0.3) is 0 Å². The molecule has 0 bridgehead atoms. The largest absolute Gasteiger partial charge is 0.370 e. The third-order valence-electron chi connectivity index (χ3n) is 2.65. The number of guanidine groups is 1. The monoisotopic (exact) mass is 243 g/mol. The van der Waals surface area contributed by atoms with Crippen LogP contribution in [0.1, 0.15) is 17.0 Å². The number of nitrogens with two attached hydrogens (primary N) is 1. The Morgan fingerprint density at radius 2 is 2.17 bits per heavy atom. The summed E-state index contributed by atoms with van der Waals surface area (Å²) in [6.45, 7) is 3.14. The van der Waals surface area contributed by atoms with Crippen LogP contribution in [-0.4, -0.2) is 15.9 Å². The molecule has 1 heterocycles. The lowest BCUT2D eigenvalue weighted by Gasteiger charge is -2.04. The van der Waals surface area contributed by atoms with Gasteiger partial charge in [0.05, 0.1) is 25.1 Å². The highest BCUT2D eigenvalue weighted by Crippen LogP contribution is 2.00. The van der Waals surface area contributed by atoms with E-state index in [0.29, 0.717) is 19.0 Å². The second-order valence-corrected chi connectivity index (χ2v) is 4.01. The lowest BCUT2D eigenvalue weighted by atomic mass is 10.2. The average Bonchev–Trinajstić information content (AvgIpc) is 2.81. The fourth-order valence-electron chi connectivity index (χ4n) is 1.56. The van der Waals surface area contributed by atoms with Gasteiger partial charge >= 0.3 is 0 Å². The molecule has 5 nitrogen and oxygen atoms in total. The number of aromatic nitrogens is 2. The van der Waals surface area contributed by atoms with Crippen LogP contribution in [-0.2, 0) is 13.1 Å². The number of aromatic amines is 1. The van der Waals surface area contributed by atoms with Gasteiger partial charge in [-0.1, -0.05) is 30.3 Å². The first-order chi connectivity index (χ1) is 8.75. The molecule has 2 aromatic rings. The maximum absolute atomic E-state index is 5.79. The number of aryl methyl sites for hydroxylation is 1. The Morgan fingerprint density at radius 1 is 1.39 bits per heavy atom. The quantitative estimate of drug-likeness (QED) is 0.560. The van der Waals surface area contributed by atoms with Crippen LogP contribution >= 0.6 is 0 Å². The maximum Gasteiger partial charge on any atom is 0.189 e. The second-order valence-electron chi connectivity index (χ2n) is 4.01. The summed E-state index contributed by atoms with van der Waals surface area (Å²) < 4.78 is 0. The van der Waals surface area contributed by atoms with Gasteiger partial charge in [-0.2, -0.15) is 0 Å². The zero-order valence-corrected chi connectivity index (χ0v) is 10.4. The third-order valence-corrected chi connectivity index (χ3v) is 2.65. The Morgan fingerprint density at radius 3 is 2.83 bits per heavy atom. The molecule has 4 N–H and O–H groups in total. The molecule has 0 aliphatic rings. The molecule has 0 amide bonds. The molecule has 18 heavy (non-hydrogen) atoms. The summed E-state index contributed by atoms with van der Waals surface area (Å²) in [5, 5.41) is 3.04. The van der Waals surface area contributed by atoms with Gasteiger partial charge in [-0.3, -0.25) is 0 Å². The number of hydrogen-bond acceptors (Lipinski definition) is 2. The van der Waals surface area contributed by atoms with E-state index in [9.17, 15) is 0 Å². The summed E-state index contributed by atoms with van der Waals surface area (Å²) in [5.41, 5.74) is 8.92. The highest BCUT2D eigenvalue weighted by Gasteiger charge is 2.00. The molecule has 1 aromatic heterocycles. The van der Waals surface area contributed by atoms with Crippen LogP contribution in [0, 0.1) is 6.92 Å². The maximum atomic E-state index is 5.79. The molecular weight excluding hydrogens is 226 g/mol. The van der Waals surface area contributed by atoms with Gasteiger partial charge in [-0.15, -0.1) is 0 Å². The van der Waals surface area contributed by atoms with Gasteiger partial charge in [0, 0.05) is 5.69 Å². The summed E-state index contributed by atoms with van der Waals surface area (Å²) in [6.07, 6.45) is 1.67. The normalized spacial score (nSPS) is 11.5. The Kier molecular flexibility index (Phi) is 3.96. The van der Waals surface area contributed by atoms with Crippen molar-refractivity contribution in [3.05, 3.63) is 53.6 Å². The smallest absolute Gasteiger partial charge is 0.189 e. The van der Waals surface area contributed by atoms with E-state index in [1.54, 1.807) is 6.33 Å². The highest BCUT2D eigenvalue weighted by molar-refractivity contribution is 5.77. The summed E-state index contributed by atoms with van der Waals surface area (Å²) in [6, 6.07) is 10.0. The lowest BCUT2D eigenvalue weighted by Crippen LogP contribution is -2.31. The number of hydrogen-bond donors (Lipinski definition) is 3. The molecule has 0 spiro atoms. The Hall–Kier alpha value is -2.30. The van der Waals surface area contributed by atoms with E-state index in [-0.39, 0.29) is 0 Å². The SMILES string of the molecule is Cc1[nH]cnc1CNC(N)=NCc1ccccc1. The molecule has 0 saturated heterocycles. The molecule has 0 fully saturated rings. The van der Waals surface area contributed by atoms with Crippen molar-refractivity contribution >= 4 is 5.96 Å². The molecule has 94 valence electrons. The fourth-order valence-corrected chi connectivity index (χ4v) is 1.56. The average molecular weight is 243 g/mol. The zero-order chi connectivity index (χ0) is 12.8. The lowest BCUT2D eigenvalue weighted by molar-refractivity contribution is 0.852. The van der Waals surface area contributed by atoms with Crippen molar-refractivity contribution in [3.63, 3.8) is 0 Å². The molecule has 0 atom stereocenters. The molecule has 0 aliphatic heterocycles. The summed E-state index contributed by atoms with van der Waals surface area (Å²) in [4.78, 5) is 11.5. The van der Waals surface area contributed by atoms with E-state index in [2.05, 4.69) is 20.3 Å². The molecule has 2 rings (SSSR count). The van der Waals surface area contributed by atoms with Crippen LogP contribution < -0.4 is 11.1 Å². The Bertz CT molecular complexity index is 515. The number of imidazole rings is 1. The Labute approximate surface area is 106 Å². The number of aliphatic imine (C=N–C) groups is 1. The van der Waals surface area contributed by atoms with Crippen molar-refractivity contribution in [1.29, 1.82) is 0 Å². The predicted molar refractivity (Wildman–Crippen MR) is 71.9 cm³/mol. The highest BCUT2D eigenvalue weighted by atomic mass is 15.1. The van der Waals surface area contributed by atoms with Crippen LogP contribution in [0.5, 0.6) is 0 Å². The molecule has 5 heteroatoms. The van der Waals surface area contributed by atoms with Gasteiger partial charge in [-0.25, -0.2) is 9.98 Å². The molecule has 0 unspecified atom stereocenters. The first-order valence-corrected chi connectivity index (χ1v) is 5.82. The van der Waals surface area contributed by atoms with E-state index in [1.807, 2.05) is 37.3 Å². The van der Waals surface area contributed by atoms with E-state index < -0.39 is 0 Å². The van der Waals surface area contributed by atoms with Gasteiger partial charge in [0.2, 0.25) is 0 Å². The van der Waals surface area contributed by atoms with E-state index in [0.717, 1.165) is 17.0 Å². The molecule has 0 aliphatic carbocycles. The number of nitrogens with zero attached hydrogens (tertiary/aromatic N) is 2. The van der Waals surface area contributed by atoms with Gasteiger partial charge in [0.25, 0.3) is 0 Å². The van der Waals surface area contributed by atoms with Crippen molar-refractivity contribution in [3.8, 4) is 0 Å². The molecular formula is C13H17N5. The van der Waals surface area contributed by atoms with Crippen molar-refractivity contribution in [1.82, 2.24) is 15.3 Å². The van der Waals surface area contributed by atoms with Crippen molar-refractivity contribution < 1.29 is 0 Å². The minimum absolute atomic E-state index is 0.432. The van der Waals surface area contributed by atoms with E-state index in [4.69, 9.17) is 5.73 Å². The van der Waals surface area contributed by atoms with Gasteiger partial charge in [-0.05, 0) is 12.5 Å². The van der Waals surface area contributed by atoms with Gasteiger partial charge < -0.3 is 16.0 Å². The van der Waals surface area contributed by atoms with Crippen molar-refractivity contribution in [2.75, 3.05) is 0 Å². The topological polar surface area (TPSA) is 79.1 Å². The Balaban J connectivity index is 1.85. The van der Waals surface area contributed by atoms with Crippen molar-refractivity contribution in [2.45, 2.75) is 20.0 Å². The van der Waals surface area contributed by atoms with Crippen LogP contribution in [0.3, 0.4) is 0 Å². The second kappa shape index (κ2) is 5.86. The summed E-state index contributed by atoms with van der Waals surface area (Å²) in [7, 11) is 0. The minimum atomic E-state index is 0.432. The number of H-pyrrole nitrogens is 1. The minimum Gasteiger partial charge on any atom is -0.370 e. The van der Waals surface area contributed by atoms with E-state index >= 15 is 0 Å². The van der Waals surface area contributed by atoms with Crippen LogP contribution in [0.4, 0.5) is 0 Å². The first-order valence-electron chi connectivity index (χ1n) is 5.82. The molecule has 0 saturated carbocycles. The third kappa shape index (κ3) is 3.35. The molecule has 1 aromatic carbocycles. The van der Waals surface area contributed by atoms with Crippen LogP contribution in [0.2, 0.25) is 0 Å². The fraction of sp³-hybridized carbons (Fsp3) is 0.231. The number of benzene rings is 1. The summed E-state index contributed by atoms with van der Waals surface area (Å²) in [5.74, 6) is 0.432. The summed E-state index contributed by atoms with van der Waals surface area (Å²) >= 11 is 0. The van der Waals surface area contributed by atoms with Crippen molar-refractivity contribution in [2.24, 2.45) is 10.7 Å². The van der Waals surface area contributed by atoms with E-state index in [1.165, 1.54) is 0 Å².